The van der Waals surface area contributed by atoms with E-state index in [0.717, 1.165) is 6.07 Å². The number of carbonyl (C=O) groups is 2. The number of aliphatic carboxylic acids is 1. The number of hydrogen-bond acceptors (Lipinski definition) is 5. The van der Waals surface area contributed by atoms with Gasteiger partial charge in [0.1, 0.15) is 0 Å². The van der Waals surface area contributed by atoms with Gasteiger partial charge in [-0.05, 0) is 31.5 Å². The molecule has 0 spiro atoms. The Morgan fingerprint density at radius 1 is 1.27 bits per heavy atom. The first-order chi connectivity index (χ1) is 14.0. The van der Waals surface area contributed by atoms with Crippen LogP contribution in [0.5, 0.6) is 0 Å². The molecule has 0 bridgehead atoms. The predicted molar refractivity (Wildman–Crippen MR) is 105 cm³/mol. The van der Waals surface area contributed by atoms with Crippen LogP contribution in [0.15, 0.2) is 18.2 Å². The van der Waals surface area contributed by atoms with Crippen molar-refractivity contribution in [2.75, 3.05) is 32.6 Å². The monoisotopic (exact) mass is 454 g/mol. The lowest BCUT2D eigenvalue weighted by molar-refractivity contribution is -0.149. The summed E-state index contributed by atoms with van der Waals surface area (Å²) in [6.45, 7) is 2.13. The minimum absolute atomic E-state index is 0.0566. The maximum Gasteiger partial charge on any atom is 0.417 e. The second-order valence-electron chi connectivity index (χ2n) is 6.68. The first-order valence-electron chi connectivity index (χ1n) is 9.16. The fourth-order valence-electron chi connectivity index (χ4n) is 2.77. The van der Waals surface area contributed by atoms with E-state index in [2.05, 4.69) is 5.32 Å². The highest BCUT2D eigenvalue weighted by molar-refractivity contribution is 6.31. The molecule has 1 rings (SSSR count). The molecule has 0 aliphatic heterocycles. The number of anilines is 1. The summed E-state index contributed by atoms with van der Waals surface area (Å²) in [5.74, 6) is -1.27. The van der Waals surface area contributed by atoms with Crippen molar-refractivity contribution in [1.29, 1.82) is 0 Å². The zero-order chi connectivity index (χ0) is 22.9. The van der Waals surface area contributed by atoms with Crippen LogP contribution in [0.3, 0.4) is 0 Å². The van der Waals surface area contributed by atoms with E-state index in [4.69, 9.17) is 26.2 Å². The number of rotatable bonds is 12. The fraction of sp³-hybridized carbons (Fsp3) is 0.579. The highest BCUT2D eigenvalue weighted by Crippen LogP contribution is 2.35. The van der Waals surface area contributed by atoms with Crippen molar-refractivity contribution in [1.82, 2.24) is 4.90 Å². The SMILES string of the molecule is COC(CC(=O)N(CCCC(=O)O)C[C@@H](C)Nc1ccc(C(F)(F)F)c(Cl)c1)OC. The predicted octanol–water partition coefficient (Wildman–Crippen LogP) is 3.86. The average molecular weight is 455 g/mol. The summed E-state index contributed by atoms with van der Waals surface area (Å²) >= 11 is 5.73. The maximum absolute atomic E-state index is 12.8. The molecular weight excluding hydrogens is 429 g/mol. The van der Waals surface area contributed by atoms with Crippen LogP contribution in [0.25, 0.3) is 0 Å². The number of amides is 1. The van der Waals surface area contributed by atoms with Crippen molar-refractivity contribution in [3.8, 4) is 0 Å². The van der Waals surface area contributed by atoms with Crippen LogP contribution < -0.4 is 5.32 Å². The van der Waals surface area contributed by atoms with Crippen molar-refractivity contribution >= 4 is 29.2 Å². The van der Waals surface area contributed by atoms with Crippen LogP contribution in [0, 0.1) is 0 Å². The van der Waals surface area contributed by atoms with Crippen LogP contribution in [-0.2, 0) is 25.2 Å². The van der Waals surface area contributed by atoms with E-state index < -0.39 is 29.0 Å². The van der Waals surface area contributed by atoms with Crippen molar-refractivity contribution in [2.45, 2.75) is 44.7 Å². The van der Waals surface area contributed by atoms with Gasteiger partial charge in [0.25, 0.3) is 0 Å². The number of ether oxygens (including phenoxy) is 2. The molecular formula is C19H26ClF3N2O5. The number of nitrogens with one attached hydrogen (secondary N) is 1. The number of alkyl halides is 3. The van der Waals surface area contributed by atoms with E-state index >= 15 is 0 Å². The number of nitrogens with zero attached hydrogens (tertiary/aromatic N) is 1. The van der Waals surface area contributed by atoms with Crippen molar-refractivity contribution in [3.05, 3.63) is 28.8 Å². The highest BCUT2D eigenvalue weighted by atomic mass is 35.5. The van der Waals surface area contributed by atoms with Gasteiger partial charge in [-0.25, -0.2) is 0 Å². The zero-order valence-corrected chi connectivity index (χ0v) is 17.7. The molecule has 1 atom stereocenters. The van der Waals surface area contributed by atoms with Crippen LogP contribution in [0.4, 0.5) is 18.9 Å². The summed E-state index contributed by atoms with van der Waals surface area (Å²) in [7, 11) is 2.80. The molecule has 1 aromatic carbocycles. The van der Waals surface area contributed by atoms with E-state index in [1.165, 1.54) is 31.3 Å². The number of methoxy groups -OCH3 is 2. The topological polar surface area (TPSA) is 88.1 Å². The number of benzene rings is 1. The van der Waals surface area contributed by atoms with E-state index in [9.17, 15) is 22.8 Å². The number of halogens is 4. The molecule has 7 nitrogen and oxygen atoms in total. The fourth-order valence-corrected chi connectivity index (χ4v) is 3.06. The van der Waals surface area contributed by atoms with E-state index in [-0.39, 0.29) is 44.3 Å². The van der Waals surface area contributed by atoms with Crippen LogP contribution in [0.2, 0.25) is 5.02 Å². The molecule has 0 aliphatic rings. The largest absolute Gasteiger partial charge is 0.481 e. The minimum Gasteiger partial charge on any atom is -0.481 e. The molecule has 0 saturated carbocycles. The van der Waals surface area contributed by atoms with E-state index in [1.54, 1.807) is 6.92 Å². The number of hydrogen-bond donors (Lipinski definition) is 2. The summed E-state index contributed by atoms with van der Waals surface area (Å²) in [5, 5.41) is 11.4. The number of carbonyl (C=O) groups excluding carboxylic acids is 1. The summed E-state index contributed by atoms with van der Waals surface area (Å²) in [5.41, 5.74) is -0.567. The Balaban J connectivity index is 2.82. The van der Waals surface area contributed by atoms with Crippen molar-refractivity contribution in [3.63, 3.8) is 0 Å². The van der Waals surface area contributed by atoms with Crippen molar-refractivity contribution < 1.29 is 37.3 Å². The third kappa shape index (κ3) is 8.76. The lowest BCUT2D eigenvalue weighted by Gasteiger charge is -2.28. The Bertz CT molecular complexity index is 714. The Labute approximate surface area is 178 Å². The minimum atomic E-state index is -4.55. The third-order valence-electron chi connectivity index (χ3n) is 4.22. The summed E-state index contributed by atoms with van der Waals surface area (Å²) in [6, 6.07) is 2.96. The quantitative estimate of drug-likeness (QED) is 0.466. The standard InChI is InChI=1S/C19H26ClF3N2O5/c1-12(24-13-6-7-14(15(20)9-13)19(21,22)23)11-25(8-4-5-17(27)28)16(26)10-18(29-2)30-3/h6-7,9,12,18,24H,4-5,8,10-11H2,1-3H3,(H,27,28)/t12-/m1/s1. The average Bonchev–Trinajstić information content (AvgIpc) is 2.63. The molecule has 0 aliphatic carbocycles. The molecule has 2 N–H and O–H groups in total. The molecule has 0 fully saturated rings. The van der Waals surface area contributed by atoms with Gasteiger partial charge in [-0.15, -0.1) is 0 Å². The van der Waals surface area contributed by atoms with Crippen LogP contribution in [-0.4, -0.2) is 61.5 Å². The van der Waals surface area contributed by atoms with Gasteiger partial charge in [0, 0.05) is 45.5 Å². The first-order valence-corrected chi connectivity index (χ1v) is 9.54. The van der Waals surface area contributed by atoms with Gasteiger partial charge < -0.3 is 24.8 Å². The molecule has 0 aromatic heterocycles. The molecule has 0 heterocycles. The number of carboxylic acids is 1. The Kier molecular flexibility index (Phi) is 10.4. The summed E-state index contributed by atoms with van der Waals surface area (Å²) < 4.78 is 48.5. The van der Waals surface area contributed by atoms with E-state index in [0.29, 0.717) is 5.69 Å². The summed E-state index contributed by atoms with van der Waals surface area (Å²) in [4.78, 5) is 24.8. The molecule has 0 radical (unpaired) electrons. The molecule has 11 heteroatoms. The van der Waals surface area contributed by atoms with Gasteiger partial charge >= 0.3 is 12.1 Å². The molecule has 170 valence electrons. The van der Waals surface area contributed by atoms with E-state index in [1.807, 2.05) is 0 Å². The lowest BCUT2D eigenvalue weighted by Crippen LogP contribution is -2.41. The second kappa shape index (κ2) is 12.0. The molecule has 0 unspecified atom stereocenters. The second-order valence-corrected chi connectivity index (χ2v) is 7.09. The van der Waals surface area contributed by atoms with Gasteiger partial charge in [-0.3, -0.25) is 9.59 Å². The Hall–Kier alpha value is -2.04. The van der Waals surface area contributed by atoms with Gasteiger partial charge in [0.05, 0.1) is 17.0 Å². The lowest BCUT2D eigenvalue weighted by atomic mass is 10.1. The van der Waals surface area contributed by atoms with Gasteiger partial charge in [-0.1, -0.05) is 11.6 Å². The van der Waals surface area contributed by atoms with Gasteiger partial charge in [0.2, 0.25) is 5.91 Å². The maximum atomic E-state index is 12.8. The first kappa shape index (κ1) is 26.0. The third-order valence-corrected chi connectivity index (χ3v) is 4.53. The zero-order valence-electron chi connectivity index (χ0n) is 17.0. The van der Waals surface area contributed by atoms with Gasteiger partial charge in [0.15, 0.2) is 6.29 Å². The summed E-state index contributed by atoms with van der Waals surface area (Å²) in [6.07, 6.45) is -5.19. The Morgan fingerprint density at radius 2 is 1.90 bits per heavy atom. The highest BCUT2D eigenvalue weighted by Gasteiger charge is 2.33. The smallest absolute Gasteiger partial charge is 0.417 e. The Morgan fingerprint density at radius 3 is 2.40 bits per heavy atom. The molecule has 0 saturated heterocycles. The molecule has 1 amide bonds. The number of carboxylic acid groups (broad SMARTS) is 1. The van der Waals surface area contributed by atoms with Crippen LogP contribution >= 0.6 is 11.6 Å². The van der Waals surface area contributed by atoms with Crippen LogP contribution in [0.1, 0.15) is 31.7 Å². The normalized spacial score (nSPS) is 12.7. The molecule has 30 heavy (non-hydrogen) atoms. The van der Waals surface area contributed by atoms with Gasteiger partial charge in [-0.2, -0.15) is 13.2 Å². The molecule has 1 aromatic rings. The van der Waals surface area contributed by atoms with Crippen molar-refractivity contribution in [2.24, 2.45) is 0 Å².